The lowest BCUT2D eigenvalue weighted by molar-refractivity contribution is -0.112. The largest absolute Gasteiger partial charge is 0.320 e. The summed E-state index contributed by atoms with van der Waals surface area (Å²) in [7, 11) is 0. The van der Waals surface area contributed by atoms with Crippen LogP contribution in [-0.2, 0) is 4.79 Å². The lowest BCUT2D eigenvalue weighted by Crippen LogP contribution is -2.13. The summed E-state index contributed by atoms with van der Waals surface area (Å²) in [4.78, 5) is 12.3. The van der Waals surface area contributed by atoms with Crippen LogP contribution in [0.5, 0.6) is 0 Å². The number of hydrogen-bond donors (Lipinski definition) is 1. The van der Waals surface area contributed by atoms with Gasteiger partial charge in [0, 0.05) is 5.02 Å². The molecule has 0 spiro atoms. The van der Waals surface area contributed by atoms with Crippen LogP contribution in [0.1, 0.15) is 16.7 Å². The highest BCUT2D eigenvalue weighted by molar-refractivity contribution is 6.36. The third-order valence-corrected chi connectivity index (χ3v) is 3.83. The van der Waals surface area contributed by atoms with Crippen LogP contribution in [0.3, 0.4) is 0 Å². The molecule has 0 bridgehead atoms. The molecule has 0 saturated heterocycles. The average molecular weight is 345 g/mol. The Labute approximate surface area is 145 Å². The number of carbonyl (C=O) groups excluding carboxylic acids is 1. The monoisotopic (exact) mass is 344 g/mol. The van der Waals surface area contributed by atoms with Crippen molar-refractivity contribution in [2.45, 2.75) is 13.8 Å². The Morgan fingerprint density at radius 3 is 2.57 bits per heavy atom. The first-order valence-electron chi connectivity index (χ1n) is 6.86. The first-order chi connectivity index (χ1) is 10.9. The van der Waals surface area contributed by atoms with Crippen LogP contribution >= 0.6 is 23.2 Å². The molecule has 0 unspecified atom stereocenters. The molecule has 0 aromatic heterocycles. The third kappa shape index (κ3) is 4.35. The zero-order valence-corrected chi connectivity index (χ0v) is 14.2. The number of halogens is 2. The maximum absolute atomic E-state index is 12.3. The third-order valence-electron chi connectivity index (χ3n) is 3.28. The van der Waals surface area contributed by atoms with Crippen LogP contribution in [0, 0.1) is 25.2 Å². The van der Waals surface area contributed by atoms with Crippen molar-refractivity contribution >= 4 is 40.9 Å². The Morgan fingerprint density at radius 1 is 1.17 bits per heavy atom. The molecule has 2 aromatic rings. The van der Waals surface area contributed by atoms with Gasteiger partial charge in [0.1, 0.15) is 11.6 Å². The van der Waals surface area contributed by atoms with Crippen LogP contribution in [0.15, 0.2) is 42.0 Å². The number of nitrogens with zero attached hydrogens (tertiary/aromatic N) is 1. The van der Waals surface area contributed by atoms with Crippen molar-refractivity contribution in [1.29, 1.82) is 5.26 Å². The molecule has 0 aliphatic carbocycles. The summed E-state index contributed by atoms with van der Waals surface area (Å²) >= 11 is 11.8. The van der Waals surface area contributed by atoms with Gasteiger partial charge in [-0.15, -0.1) is 0 Å². The second kappa shape index (κ2) is 7.32. The van der Waals surface area contributed by atoms with Gasteiger partial charge in [0.25, 0.3) is 5.91 Å². The van der Waals surface area contributed by atoms with E-state index < -0.39 is 5.91 Å². The molecule has 1 amide bonds. The van der Waals surface area contributed by atoms with Gasteiger partial charge in [0.05, 0.1) is 10.7 Å². The minimum absolute atomic E-state index is 0.00437. The predicted octanol–water partition coefficient (Wildman–Crippen LogP) is 5.16. The Morgan fingerprint density at radius 2 is 1.91 bits per heavy atom. The van der Waals surface area contributed by atoms with Crippen molar-refractivity contribution in [1.82, 2.24) is 0 Å². The van der Waals surface area contributed by atoms with E-state index in [1.807, 2.05) is 38.1 Å². The summed E-state index contributed by atoms with van der Waals surface area (Å²) in [5.41, 5.74) is 3.28. The highest BCUT2D eigenvalue weighted by Gasteiger charge is 2.12. The quantitative estimate of drug-likeness (QED) is 0.617. The zero-order valence-electron chi connectivity index (χ0n) is 12.7. The highest BCUT2D eigenvalue weighted by atomic mass is 35.5. The van der Waals surface area contributed by atoms with Gasteiger partial charge in [-0.05, 0) is 49.2 Å². The second-order valence-electron chi connectivity index (χ2n) is 5.11. The molecule has 0 aliphatic rings. The smallest absolute Gasteiger partial charge is 0.266 e. The van der Waals surface area contributed by atoms with Crippen molar-refractivity contribution in [2.75, 3.05) is 5.32 Å². The minimum atomic E-state index is -0.516. The van der Waals surface area contributed by atoms with E-state index in [9.17, 15) is 10.1 Å². The zero-order chi connectivity index (χ0) is 17.0. The molecule has 0 aliphatic heterocycles. The van der Waals surface area contributed by atoms with Crippen molar-refractivity contribution in [2.24, 2.45) is 0 Å². The summed E-state index contributed by atoms with van der Waals surface area (Å²) in [6.07, 6.45) is 1.57. The number of carbonyl (C=O) groups is 1. The topological polar surface area (TPSA) is 52.9 Å². The van der Waals surface area contributed by atoms with Crippen LogP contribution < -0.4 is 5.32 Å². The molecule has 0 atom stereocenters. The van der Waals surface area contributed by atoms with Gasteiger partial charge in [-0.1, -0.05) is 47.0 Å². The number of rotatable bonds is 3. The average Bonchev–Trinajstić information content (AvgIpc) is 2.50. The fraction of sp³-hybridized carbons (Fsp3) is 0.111. The molecular formula is C18H14Cl2N2O. The van der Waals surface area contributed by atoms with Crippen LogP contribution in [0.2, 0.25) is 10.0 Å². The minimum Gasteiger partial charge on any atom is -0.320 e. The molecule has 116 valence electrons. The van der Waals surface area contributed by atoms with Gasteiger partial charge < -0.3 is 5.32 Å². The number of benzene rings is 2. The second-order valence-corrected chi connectivity index (χ2v) is 5.95. The van der Waals surface area contributed by atoms with Gasteiger partial charge >= 0.3 is 0 Å². The highest BCUT2D eigenvalue weighted by Crippen LogP contribution is 2.26. The van der Waals surface area contributed by atoms with Crippen molar-refractivity contribution in [3.8, 4) is 6.07 Å². The summed E-state index contributed by atoms with van der Waals surface area (Å²) in [6.45, 7) is 3.88. The van der Waals surface area contributed by atoms with Gasteiger partial charge in [0.2, 0.25) is 0 Å². The number of amides is 1. The first kappa shape index (κ1) is 17.1. The molecule has 0 radical (unpaired) electrons. The molecule has 5 heteroatoms. The summed E-state index contributed by atoms with van der Waals surface area (Å²) < 4.78 is 0. The van der Waals surface area contributed by atoms with Gasteiger partial charge in [0.15, 0.2) is 0 Å². The van der Waals surface area contributed by atoms with E-state index in [2.05, 4.69) is 5.32 Å². The summed E-state index contributed by atoms with van der Waals surface area (Å²) in [5, 5.41) is 12.7. The van der Waals surface area contributed by atoms with Crippen LogP contribution in [-0.4, -0.2) is 5.91 Å². The Balaban J connectivity index is 2.30. The lowest BCUT2D eigenvalue weighted by atomic mass is 10.0. The molecule has 2 aromatic carbocycles. The summed E-state index contributed by atoms with van der Waals surface area (Å²) in [6, 6.07) is 12.5. The maximum Gasteiger partial charge on any atom is 0.266 e. The van der Waals surface area contributed by atoms with Crippen LogP contribution in [0.4, 0.5) is 5.69 Å². The van der Waals surface area contributed by atoms with E-state index in [1.54, 1.807) is 18.2 Å². The number of aryl methyl sites for hydroxylation is 2. The molecule has 0 saturated carbocycles. The van der Waals surface area contributed by atoms with Crippen molar-refractivity contribution in [3.05, 3.63) is 68.7 Å². The standard InChI is InChI=1S/C18H14Cl2N2O/c1-11-3-4-12(2)13(7-11)8-14(10-21)18(23)22-17-6-5-15(19)9-16(17)20/h3-9H,1-2H3,(H,22,23)/b14-8+. The summed E-state index contributed by atoms with van der Waals surface area (Å²) in [5.74, 6) is -0.516. The molecule has 1 N–H and O–H groups in total. The SMILES string of the molecule is Cc1ccc(C)c(/C=C(\C#N)C(=O)Nc2ccc(Cl)cc2Cl)c1. The molecule has 0 fully saturated rings. The van der Waals surface area contributed by atoms with E-state index >= 15 is 0 Å². The fourth-order valence-corrected chi connectivity index (χ4v) is 2.46. The maximum atomic E-state index is 12.3. The molecule has 2 rings (SSSR count). The fourth-order valence-electron chi connectivity index (χ4n) is 2.00. The van der Waals surface area contributed by atoms with E-state index in [4.69, 9.17) is 23.2 Å². The van der Waals surface area contributed by atoms with Gasteiger partial charge in [-0.25, -0.2) is 0 Å². The number of anilines is 1. The molecule has 23 heavy (non-hydrogen) atoms. The Kier molecular flexibility index (Phi) is 5.44. The lowest BCUT2D eigenvalue weighted by Gasteiger charge is -2.07. The molecule has 3 nitrogen and oxygen atoms in total. The Bertz CT molecular complexity index is 835. The van der Waals surface area contributed by atoms with E-state index in [0.717, 1.165) is 16.7 Å². The Hall–Kier alpha value is -2.28. The first-order valence-corrected chi connectivity index (χ1v) is 7.62. The predicted molar refractivity (Wildman–Crippen MR) is 94.6 cm³/mol. The number of nitriles is 1. The van der Waals surface area contributed by atoms with Crippen molar-refractivity contribution in [3.63, 3.8) is 0 Å². The van der Waals surface area contributed by atoms with E-state index in [0.29, 0.717) is 15.7 Å². The van der Waals surface area contributed by atoms with E-state index in [-0.39, 0.29) is 5.57 Å². The number of nitrogens with one attached hydrogen (secondary N) is 1. The van der Waals surface area contributed by atoms with Gasteiger partial charge in [-0.3, -0.25) is 4.79 Å². The van der Waals surface area contributed by atoms with Gasteiger partial charge in [-0.2, -0.15) is 5.26 Å². The number of hydrogen-bond acceptors (Lipinski definition) is 2. The molecular weight excluding hydrogens is 331 g/mol. The van der Waals surface area contributed by atoms with Crippen molar-refractivity contribution < 1.29 is 4.79 Å². The normalized spacial score (nSPS) is 11.0. The molecule has 0 heterocycles. The van der Waals surface area contributed by atoms with Crippen LogP contribution in [0.25, 0.3) is 6.08 Å². The van der Waals surface area contributed by atoms with E-state index in [1.165, 1.54) is 6.07 Å².